The summed E-state index contributed by atoms with van der Waals surface area (Å²) in [7, 11) is -3.89. The Balaban J connectivity index is 1.22. The number of anilines is 3. The Labute approximate surface area is 335 Å². The van der Waals surface area contributed by atoms with Crippen molar-refractivity contribution in [1.29, 1.82) is 0 Å². The number of nitrogens with zero attached hydrogens (tertiary/aromatic N) is 1. The molecule has 0 saturated carbocycles. The fourth-order valence-corrected chi connectivity index (χ4v) is 10.3. The van der Waals surface area contributed by atoms with Gasteiger partial charge in [0.25, 0.3) is 0 Å². The van der Waals surface area contributed by atoms with Crippen LogP contribution in [0.5, 0.6) is 0 Å². The second-order valence-corrected chi connectivity index (χ2v) is 33.3. The van der Waals surface area contributed by atoms with Crippen molar-refractivity contribution in [2.75, 3.05) is 4.90 Å². The molecule has 0 radical (unpaired) electrons. The van der Waals surface area contributed by atoms with Crippen LogP contribution in [0.1, 0.15) is 33.4 Å². The fraction of sp³-hybridized carbons (Fsp3) is 0.216. The van der Waals surface area contributed by atoms with E-state index in [0.717, 1.165) is 29.9 Å². The fourth-order valence-electron chi connectivity index (χ4n) is 6.76. The van der Waals surface area contributed by atoms with E-state index in [2.05, 4.69) is 234 Å². The molecule has 280 valence electrons. The van der Waals surface area contributed by atoms with Crippen molar-refractivity contribution in [2.24, 2.45) is 0 Å². The molecule has 0 aliphatic rings. The van der Waals surface area contributed by atoms with Gasteiger partial charge in [0.05, 0.1) is 24.2 Å². The van der Waals surface area contributed by atoms with E-state index in [1.807, 2.05) is 0 Å². The minimum atomic E-state index is -1.30. The first-order valence-corrected chi connectivity index (χ1v) is 30.4. The summed E-state index contributed by atoms with van der Waals surface area (Å²) in [6.07, 6.45) is 10.9. The van der Waals surface area contributed by atoms with Gasteiger partial charge in [-0.1, -0.05) is 208 Å². The summed E-state index contributed by atoms with van der Waals surface area (Å²) in [6.45, 7) is 21.6. The Kier molecular flexibility index (Phi) is 12.3. The van der Waals surface area contributed by atoms with Crippen molar-refractivity contribution in [3.05, 3.63) is 179 Å². The van der Waals surface area contributed by atoms with E-state index in [0.29, 0.717) is 0 Å². The van der Waals surface area contributed by atoms with E-state index < -0.39 is 24.2 Å². The molecule has 0 N–H and O–H groups in total. The van der Waals surface area contributed by atoms with Crippen molar-refractivity contribution in [3.8, 4) is 0 Å². The van der Waals surface area contributed by atoms with Gasteiger partial charge in [-0.25, -0.2) is 0 Å². The highest BCUT2D eigenvalue weighted by atomic mass is 28.3. The number of hydrogen-bond acceptors (Lipinski definition) is 1. The lowest BCUT2D eigenvalue weighted by atomic mass is 10.0. The Hall–Kier alpha value is -4.75. The molecule has 6 rings (SSSR count). The lowest BCUT2D eigenvalue weighted by Gasteiger charge is -2.26. The van der Waals surface area contributed by atoms with Gasteiger partial charge in [0, 0.05) is 17.1 Å². The van der Waals surface area contributed by atoms with Crippen LogP contribution in [0.3, 0.4) is 0 Å². The average Bonchev–Trinajstić information content (AvgIpc) is 3.16. The van der Waals surface area contributed by atoms with Crippen molar-refractivity contribution < 1.29 is 0 Å². The van der Waals surface area contributed by atoms with Gasteiger partial charge in [0.1, 0.15) is 0 Å². The van der Waals surface area contributed by atoms with E-state index in [9.17, 15) is 0 Å². The average molecular weight is 770 g/mol. The third-order valence-electron chi connectivity index (χ3n) is 10.5. The van der Waals surface area contributed by atoms with E-state index in [1.54, 1.807) is 0 Å². The summed E-state index contributed by atoms with van der Waals surface area (Å²) < 4.78 is 0. The largest absolute Gasteiger partial charge is 0.311 e. The summed E-state index contributed by atoms with van der Waals surface area (Å²) in [5.74, 6) is 0. The zero-order chi connectivity index (χ0) is 39.2. The molecule has 0 amide bonds. The third-order valence-corrected chi connectivity index (χ3v) is 16.7. The molecular weight excluding hydrogens is 711 g/mol. The van der Waals surface area contributed by atoms with E-state index in [4.69, 9.17) is 0 Å². The molecule has 55 heavy (non-hydrogen) atoms. The number of hydrogen-bond donors (Lipinski definition) is 0. The van der Waals surface area contributed by atoms with Gasteiger partial charge in [0.15, 0.2) is 0 Å². The first-order chi connectivity index (χ1) is 26.1. The quantitative estimate of drug-likeness (QED) is 0.0835. The van der Waals surface area contributed by atoms with Crippen LogP contribution in [-0.4, -0.2) is 24.2 Å². The first-order valence-electron chi connectivity index (χ1n) is 19.9. The Morgan fingerprint density at radius 1 is 0.309 bits per heavy atom. The van der Waals surface area contributed by atoms with Crippen molar-refractivity contribution >= 4 is 81.1 Å². The summed E-state index contributed by atoms with van der Waals surface area (Å²) in [4.78, 5) is 2.37. The minimum absolute atomic E-state index is 1.02. The summed E-state index contributed by atoms with van der Waals surface area (Å²) in [5, 5.41) is 4.50. The van der Waals surface area contributed by atoms with Crippen LogP contribution in [0.15, 0.2) is 146 Å². The molecule has 6 aromatic rings. The second kappa shape index (κ2) is 16.9. The van der Waals surface area contributed by atoms with Gasteiger partial charge in [-0.3, -0.25) is 0 Å². The molecule has 4 heteroatoms. The molecule has 0 aromatic heterocycles. The van der Waals surface area contributed by atoms with Crippen molar-refractivity contribution in [2.45, 2.75) is 71.8 Å². The molecule has 0 atom stereocenters. The summed E-state index contributed by atoms with van der Waals surface area (Å²) in [5.41, 5.74) is 11.0. The van der Waals surface area contributed by atoms with Crippen molar-refractivity contribution in [1.82, 2.24) is 0 Å². The van der Waals surface area contributed by atoms with Gasteiger partial charge in [-0.2, -0.15) is 0 Å². The van der Waals surface area contributed by atoms with E-state index >= 15 is 0 Å². The summed E-state index contributed by atoms with van der Waals surface area (Å²) >= 11 is 0. The number of rotatable bonds is 13. The summed E-state index contributed by atoms with van der Waals surface area (Å²) in [6, 6.07) is 54.6. The lowest BCUT2D eigenvalue weighted by Crippen LogP contribution is -2.37. The van der Waals surface area contributed by atoms with Crippen LogP contribution in [0, 0.1) is 0 Å². The lowest BCUT2D eigenvalue weighted by molar-refractivity contribution is 0.960. The molecule has 0 aliphatic heterocycles. The smallest absolute Gasteiger partial charge is 0.0775 e. The molecular formula is C51H59NSi3. The molecule has 0 saturated heterocycles. The monoisotopic (exact) mass is 769 g/mol. The number of benzene rings is 6. The SMILES string of the molecule is C[Si](C)(C)c1ccc(C=Cc2ccc(N(c3ccc(C=Cc4ccc([Si](C)(C)C)cc4)cc3)c3ccc(CCc4ccc([Si](C)(C)C)cc4)cc3)cc2)cc1. The van der Waals surface area contributed by atoms with Crippen LogP contribution in [-0.2, 0) is 12.8 Å². The zero-order valence-electron chi connectivity index (χ0n) is 34.5. The highest BCUT2D eigenvalue weighted by Gasteiger charge is 2.18. The Morgan fingerprint density at radius 3 is 0.800 bits per heavy atom. The molecule has 0 unspecified atom stereocenters. The van der Waals surface area contributed by atoms with Gasteiger partial charge >= 0.3 is 0 Å². The molecule has 0 fully saturated rings. The van der Waals surface area contributed by atoms with Gasteiger partial charge in [-0.05, 0) is 82.6 Å². The number of aryl methyl sites for hydroxylation is 2. The van der Waals surface area contributed by atoms with Gasteiger partial charge < -0.3 is 4.90 Å². The third kappa shape index (κ3) is 10.9. The first kappa shape index (κ1) is 39.9. The predicted octanol–water partition coefficient (Wildman–Crippen LogP) is 12.9. The normalized spacial score (nSPS) is 12.5. The molecule has 0 bridgehead atoms. The van der Waals surface area contributed by atoms with Gasteiger partial charge in [-0.15, -0.1) is 0 Å². The molecule has 6 aromatic carbocycles. The maximum absolute atomic E-state index is 2.41. The minimum Gasteiger partial charge on any atom is -0.311 e. The zero-order valence-corrected chi connectivity index (χ0v) is 37.5. The maximum atomic E-state index is 2.41. The standard InChI is InChI=1S/C51H59NSi3/c1-53(2,3)49-34-22-43(23-35-49)13-10-40-16-28-46(29-17-40)52(47-30-18-41(19-31-47)11-14-44-24-36-50(37-25-44)54(4,5)6)48-32-20-42(21-33-48)12-15-45-26-38-51(39-27-45)55(7,8)9/h10-11,13-14,16-39H,12,15H2,1-9H3. The second-order valence-electron chi connectivity index (χ2n) is 18.0. The van der Waals surface area contributed by atoms with Crippen molar-refractivity contribution in [3.63, 3.8) is 0 Å². The van der Waals surface area contributed by atoms with Crippen LogP contribution in [0.4, 0.5) is 17.1 Å². The van der Waals surface area contributed by atoms with E-state index in [1.165, 1.54) is 48.9 Å². The van der Waals surface area contributed by atoms with E-state index in [-0.39, 0.29) is 0 Å². The van der Waals surface area contributed by atoms with Gasteiger partial charge in [0.2, 0.25) is 0 Å². The Morgan fingerprint density at radius 2 is 0.527 bits per heavy atom. The van der Waals surface area contributed by atoms with Crippen LogP contribution in [0.25, 0.3) is 24.3 Å². The predicted molar refractivity (Wildman–Crippen MR) is 255 cm³/mol. The topological polar surface area (TPSA) is 3.24 Å². The van der Waals surface area contributed by atoms with Crippen LogP contribution < -0.4 is 20.5 Å². The van der Waals surface area contributed by atoms with Crippen LogP contribution in [0.2, 0.25) is 58.9 Å². The molecule has 1 nitrogen and oxygen atoms in total. The highest BCUT2D eigenvalue weighted by Crippen LogP contribution is 2.35. The highest BCUT2D eigenvalue weighted by molar-refractivity contribution is 6.89. The molecule has 0 spiro atoms. The Bertz CT molecular complexity index is 2080. The van der Waals surface area contributed by atoms with Crippen LogP contribution >= 0.6 is 0 Å². The maximum Gasteiger partial charge on any atom is 0.0775 e. The molecule has 0 aliphatic carbocycles. The molecule has 0 heterocycles.